The Kier molecular flexibility index (Phi) is 4.75. The Morgan fingerprint density at radius 3 is 2.70 bits per heavy atom. The summed E-state index contributed by atoms with van der Waals surface area (Å²) in [6.45, 7) is 2.52. The Morgan fingerprint density at radius 1 is 1.22 bits per heavy atom. The Morgan fingerprint density at radius 2 is 2.00 bits per heavy atom. The van der Waals surface area contributed by atoms with Crippen molar-refractivity contribution in [3.63, 3.8) is 0 Å². The molecule has 2 aliphatic heterocycles. The summed E-state index contributed by atoms with van der Waals surface area (Å²) < 4.78 is 14.9. The molecule has 4 nitrogen and oxygen atoms in total. The van der Waals surface area contributed by atoms with Crippen molar-refractivity contribution in [3.8, 4) is 6.07 Å². The third-order valence-electron chi connectivity index (χ3n) is 5.71. The second-order valence-corrected chi connectivity index (χ2v) is 8.19. The number of nitrogens with zero attached hydrogens (tertiary/aromatic N) is 3. The van der Waals surface area contributed by atoms with E-state index >= 15 is 0 Å². The van der Waals surface area contributed by atoms with Crippen molar-refractivity contribution in [1.29, 1.82) is 5.26 Å². The lowest BCUT2D eigenvalue weighted by atomic mass is 9.74. The van der Waals surface area contributed by atoms with Crippen LogP contribution in [-0.4, -0.2) is 37.0 Å². The smallest absolute Gasteiger partial charge is 0.258 e. The van der Waals surface area contributed by atoms with Gasteiger partial charge in [0, 0.05) is 40.8 Å². The molecule has 0 aromatic heterocycles. The van der Waals surface area contributed by atoms with Crippen LogP contribution >= 0.6 is 15.9 Å². The molecular weight excluding hydrogens is 409 g/mol. The first kappa shape index (κ1) is 18.1. The number of halogens is 2. The van der Waals surface area contributed by atoms with Gasteiger partial charge in [-0.25, -0.2) is 4.39 Å². The molecule has 2 aromatic carbocycles. The average Bonchev–Trinajstić information content (AvgIpc) is 2.97. The molecule has 27 heavy (non-hydrogen) atoms. The molecule has 138 valence electrons. The van der Waals surface area contributed by atoms with Crippen LogP contribution in [0.25, 0.3) is 0 Å². The quantitative estimate of drug-likeness (QED) is 0.677. The normalized spacial score (nSPS) is 18.3. The molecule has 0 radical (unpaired) electrons. The highest BCUT2D eigenvalue weighted by molar-refractivity contribution is 9.10. The standard InChI is InChI=1S/C21H19BrFN3O/c22-16-3-1-2-15(12-16)20(27)26-14-21(6-9-25(10-7-21)11-8-24)18-13-17(23)4-5-19(18)26/h1-5,12-13H,6-7,9-11,14H2. The predicted octanol–water partition coefficient (Wildman–Crippen LogP) is 4.11. The number of hydrogen-bond donors (Lipinski definition) is 0. The highest BCUT2D eigenvalue weighted by atomic mass is 79.9. The minimum atomic E-state index is -0.274. The van der Waals surface area contributed by atoms with E-state index < -0.39 is 0 Å². The van der Waals surface area contributed by atoms with Crippen LogP contribution in [0.5, 0.6) is 0 Å². The summed E-state index contributed by atoms with van der Waals surface area (Å²) in [6.07, 6.45) is 1.63. The van der Waals surface area contributed by atoms with E-state index in [1.54, 1.807) is 23.1 Å². The summed E-state index contributed by atoms with van der Waals surface area (Å²) in [5.74, 6) is -0.343. The molecule has 0 bridgehead atoms. The monoisotopic (exact) mass is 427 g/mol. The summed E-state index contributed by atoms with van der Waals surface area (Å²) in [7, 11) is 0. The van der Waals surface area contributed by atoms with Crippen molar-refractivity contribution in [2.45, 2.75) is 18.3 Å². The van der Waals surface area contributed by atoms with Crippen molar-refractivity contribution in [2.24, 2.45) is 0 Å². The molecule has 4 rings (SSSR count). The Bertz CT molecular complexity index is 931. The van der Waals surface area contributed by atoms with E-state index in [1.807, 2.05) is 18.2 Å². The number of fused-ring (bicyclic) bond motifs is 2. The Balaban J connectivity index is 1.69. The van der Waals surface area contributed by atoms with Gasteiger partial charge >= 0.3 is 0 Å². The van der Waals surface area contributed by atoms with E-state index in [-0.39, 0.29) is 17.1 Å². The zero-order valence-electron chi connectivity index (χ0n) is 14.8. The predicted molar refractivity (Wildman–Crippen MR) is 105 cm³/mol. The second-order valence-electron chi connectivity index (χ2n) is 7.28. The first-order valence-electron chi connectivity index (χ1n) is 8.99. The minimum absolute atomic E-state index is 0.0690. The van der Waals surface area contributed by atoms with Crippen LogP contribution in [0, 0.1) is 17.1 Å². The van der Waals surface area contributed by atoms with Gasteiger partial charge in [-0.15, -0.1) is 0 Å². The van der Waals surface area contributed by atoms with Crippen molar-refractivity contribution in [2.75, 3.05) is 31.1 Å². The van der Waals surface area contributed by atoms with Crippen LogP contribution in [-0.2, 0) is 5.41 Å². The molecule has 1 spiro atoms. The van der Waals surface area contributed by atoms with E-state index in [0.717, 1.165) is 41.7 Å². The van der Waals surface area contributed by atoms with Gasteiger partial charge in [0.05, 0.1) is 12.6 Å². The second kappa shape index (κ2) is 7.06. The van der Waals surface area contributed by atoms with Crippen LogP contribution in [0.3, 0.4) is 0 Å². The summed E-state index contributed by atoms with van der Waals surface area (Å²) in [5, 5.41) is 8.93. The third-order valence-corrected chi connectivity index (χ3v) is 6.20. The zero-order chi connectivity index (χ0) is 19.0. The van der Waals surface area contributed by atoms with Gasteiger partial charge in [0.1, 0.15) is 5.82 Å². The lowest BCUT2D eigenvalue weighted by Crippen LogP contribution is -2.46. The lowest BCUT2D eigenvalue weighted by molar-refractivity contribution is 0.0978. The van der Waals surface area contributed by atoms with E-state index in [0.29, 0.717) is 18.7 Å². The molecule has 0 atom stereocenters. The summed E-state index contributed by atoms with van der Waals surface area (Å²) in [6, 6.07) is 14.3. The molecule has 2 aromatic rings. The third kappa shape index (κ3) is 3.26. The van der Waals surface area contributed by atoms with Crippen LogP contribution in [0.15, 0.2) is 46.9 Å². The van der Waals surface area contributed by atoms with Gasteiger partial charge in [-0.05, 0) is 54.8 Å². The van der Waals surface area contributed by atoms with E-state index in [9.17, 15) is 9.18 Å². The number of amides is 1. The SMILES string of the molecule is N#CCN1CCC2(CC1)CN(C(=O)c1cccc(Br)c1)c1ccc(F)cc12. The Labute approximate surface area is 166 Å². The first-order chi connectivity index (χ1) is 13.0. The molecule has 0 saturated carbocycles. The summed E-state index contributed by atoms with van der Waals surface area (Å²) >= 11 is 3.42. The molecule has 1 saturated heterocycles. The minimum Gasteiger partial charge on any atom is -0.307 e. The topological polar surface area (TPSA) is 47.3 Å². The molecule has 0 unspecified atom stereocenters. The molecule has 0 aliphatic carbocycles. The lowest BCUT2D eigenvalue weighted by Gasteiger charge is -2.39. The van der Waals surface area contributed by atoms with Crippen LogP contribution in [0.2, 0.25) is 0 Å². The van der Waals surface area contributed by atoms with Gasteiger partial charge in [-0.2, -0.15) is 5.26 Å². The molecular formula is C21H19BrFN3O. The summed E-state index contributed by atoms with van der Waals surface area (Å²) in [4.78, 5) is 17.1. The molecule has 0 N–H and O–H groups in total. The van der Waals surface area contributed by atoms with Crippen molar-refractivity contribution >= 4 is 27.5 Å². The Hall–Kier alpha value is -2.23. The highest BCUT2D eigenvalue weighted by Gasteiger charge is 2.46. The van der Waals surface area contributed by atoms with Crippen molar-refractivity contribution < 1.29 is 9.18 Å². The maximum atomic E-state index is 14.0. The number of benzene rings is 2. The number of nitriles is 1. The van der Waals surface area contributed by atoms with Gasteiger partial charge in [0.25, 0.3) is 5.91 Å². The molecule has 2 aliphatic rings. The summed E-state index contributed by atoms with van der Waals surface area (Å²) in [5.41, 5.74) is 2.08. The molecule has 1 fully saturated rings. The largest absolute Gasteiger partial charge is 0.307 e. The van der Waals surface area contributed by atoms with E-state index in [2.05, 4.69) is 26.9 Å². The number of hydrogen-bond acceptors (Lipinski definition) is 3. The van der Waals surface area contributed by atoms with Crippen molar-refractivity contribution in [3.05, 3.63) is 63.9 Å². The van der Waals surface area contributed by atoms with Crippen LogP contribution < -0.4 is 4.90 Å². The van der Waals surface area contributed by atoms with E-state index in [1.165, 1.54) is 6.07 Å². The number of carbonyl (C=O) groups is 1. The molecule has 1 amide bonds. The number of anilines is 1. The fourth-order valence-corrected chi connectivity index (χ4v) is 4.67. The number of rotatable bonds is 2. The average molecular weight is 428 g/mol. The molecule has 2 heterocycles. The maximum absolute atomic E-state index is 14.0. The number of piperidine rings is 1. The number of carbonyl (C=O) groups excluding carboxylic acids is 1. The van der Waals surface area contributed by atoms with Crippen molar-refractivity contribution in [1.82, 2.24) is 4.90 Å². The fraction of sp³-hybridized carbons (Fsp3) is 0.333. The van der Waals surface area contributed by atoms with Crippen LogP contribution in [0.1, 0.15) is 28.8 Å². The van der Waals surface area contributed by atoms with Crippen LogP contribution in [0.4, 0.5) is 10.1 Å². The fourth-order valence-electron chi connectivity index (χ4n) is 4.27. The number of likely N-dealkylation sites (tertiary alicyclic amines) is 1. The highest BCUT2D eigenvalue weighted by Crippen LogP contribution is 2.47. The maximum Gasteiger partial charge on any atom is 0.258 e. The van der Waals surface area contributed by atoms with E-state index in [4.69, 9.17) is 5.26 Å². The first-order valence-corrected chi connectivity index (χ1v) is 9.78. The van der Waals surface area contributed by atoms with Gasteiger partial charge < -0.3 is 4.90 Å². The van der Waals surface area contributed by atoms with Gasteiger partial charge in [0.15, 0.2) is 0 Å². The zero-order valence-corrected chi connectivity index (χ0v) is 16.4. The van der Waals surface area contributed by atoms with Gasteiger partial charge in [-0.3, -0.25) is 9.69 Å². The van der Waals surface area contributed by atoms with Gasteiger partial charge in [0.2, 0.25) is 0 Å². The van der Waals surface area contributed by atoms with Gasteiger partial charge in [-0.1, -0.05) is 22.0 Å². The molecule has 6 heteroatoms.